The molecule has 0 aromatic heterocycles. The second-order valence-electron chi connectivity index (χ2n) is 12.3. The molecule has 340 valence electrons. The summed E-state index contributed by atoms with van der Waals surface area (Å²) in [6.07, 6.45) is -6.77. The Kier molecular flexibility index (Phi) is 15.8. The Bertz CT molecular complexity index is 1290. The van der Waals surface area contributed by atoms with Crippen LogP contribution in [-0.2, 0) is 19.1 Å². The van der Waals surface area contributed by atoms with E-state index in [9.17, 15) is 124 Å². The van der Waals surface area contributed by atoms with E-state index in [1.54, 1.807) is 0 Å². The Hall–Kier alpha value is -2.92. The maximum absolute atomic E-state index is 14.0. The molecule has 0 aromatic carbocycles. The molecule has 0 saturated heterocycles. The topological polar surface area (TPSA) is 52.6 Å². The molecule has 0 bridgehead atoms. The van der Waals surface area contributed by atoms with E-state index in [1.165, 1.54) is 6.92 Å². The van der Waals surface area contributed by atoms with Crippen molar-refractivity contribution in [3.63, 3.8) is 0 Å². The van der Waals surface area contributed by atoms with Crippen molar-refractivity contribution in [2.75, 3.05) is 53.2 Å². The number of rotatable bonds is 24. The van der Waals surface area contributed by atoms with Crippen molar-refractivity contribution in [3.05, 3.63) is 0 Å². The van der Waals surface area contributed by atoms with Crippen LogP contribution in [0.5, 0.6) is 0 Å². The van der Waals surface area contributed by atoms with Gasteiger partial charge in [-0.1, -0.05) is 6.92 Å². The lowest BCUT2D eigenvalue weighted by atomic mass is 9.90. The largest absolute Gasteiger partial charge is 0.460 e. The summed E-state index contributed by atoms with van der Waals surface area (Å²) in [6.45, 7) is -11.1. The SMILES string of the molecule is CCC[N+](C)(CCOC(=O)CC(F)(F)C(F)(F)C(F)(F)C(F)(F)C(F)(F)C(F)(F)CF)CCOC(=O)CC(F)(F)C(F)(F)C(F)(F)C(F)(F)C(F)(F)C(F)(F)CF. The van der Waals surface area contributed by atoms with Gasteiger partial charge in [-0.05, 0) is 6.42 Å². The predicted molar refractivity (Wildman–Crippen MR) is 134 cm³/mol. The molecular weight excluding hydrogens is 884 g/mol. The van der Waals surface area contributed by atoms with Crippen LogP contribution in [0.15, 0.2) is 0 Å². The van der Waals surface area contributed by atoms with Crippen LogP contribution in [-0.4, -0.2) is 141 Å². The highest BCUT2D eigenvalue weighted by molar-refractivity contribution is 5.71. The van der Waals surface area contributed by atoms with E-state index in [4.69, 9.17) is 0 Å². The van der Waals surface area contributed by atoms with E-state index < -0.39 is 140 Å². The van der Waals surface area contributed by atoms with E-state index in [0.717, 1.165) is 7.05 Å². The summed E-state index contributed by atoms with van der Waals surface area (Å²) in [5.41, 5.74) is 0. The van der Waals surface area contributed by atoms with Gasteiger partial charge in [0, 0.05) is 0 Å². The number of hydrogen-bond donors (Lipinski definition) is 0. The molecule has 57 heavy (non-hydrogen) atoms. The van der Waals surface area contributed by atoms with Crippen LogP contribution in [0.3, 0.4) is 0 Å². The van der Waals surface area contributed by atoms with E-state index >= 15 is 0 Å². The van der Waals surface area contributed by atoms with Crippen molar-refractivity contribution in [1.82, 2.24) is 0 Å². The molecule has 0 heterocycles. The van der Waals surface area contributed by atoms with Crippen LogP contribution in [0.2, 0.25) is 0 Å². The molecule has 0 radical (unpaired) electrons. The summed E-state index contributed by atoms with van der Waals surface area (Å²) >= 11 is 0. The molecule has 0 saturated carbocycles. The Morgan fingerprint density at radius 3 is 0.842 bits per heavy atom. The molecule has 0 atom stereocenters. The highest BCUT2D eigenvalue weighted by atomic mass is 19.4. The van der Waals surface area contributed by atoms with E-state index in [2.05, 4.69) is 9.47 Å². The number of likely N-dealkylation sites (N-methyl/N-ethyl adjacent to an activating group) is 1. The van der Waals surface area contributed by atoms with Crippen molar-refractivity contribution in [1.29, 1.82) is 0 Å². The molecule has 0 N–H and O–H groups in total. The number of nitrogens with zero attached hydrogens (tertiary/aromatic N) is 1. The first-order valence-corrected chi connectivity index (χ1v) is 14.7. The van der Waals surface area contributed by atoms with Crippen molar-refractivity contribution in [2.24, 2.45) is 0 Å². The normalized spacial score (nSPS) is 15.5. The molecule has 0 fully saturated rings. The first-order chi connectivity index (χ1) is 24.9. The Morgan fingerprint density at radius 1 is 0.404 bits per heavy atom. The van der Waals surface area contributed by atoms with Crippen molar-refractivity contribution in [3.8, 4) is 0 Å². The average Bonchev–Trinajstić information content (AvgIpc) is 3.03. The molecule has 0 rings (SSSR count). The lowest BCUT2D eigenvalue weighted by Crippen LogP contribution is -2.71. The summed E-state index contributed by atoms with van der Waals surface area (Å²) in [5, 5.41) is 0. The zero-order valence-electron chi connectivity index (χ0n) is 28.0. The maximum atomic E-state index is 14.0. The van der Waals surface area contributed by atoms with Gasteiger partial charge in [0.25, 0.3) is 0 Å². The van der Waals surface area contributed by atoms with Gasteiger partial charge in [-0.25, -0.2) is 8.78 Å². The minimum Gasteiger partial charge on any atom is -0.460 e. The fourth-order valence-electron chi connectivity index (χ4n) is 4.20. The number of esters is 2. The summed E-state index contributed by atoms with van der Waals surface area (Å²) in [6, 6.07) is 0. The van der Waals surface area contributed by atoms with Crippen LogP contribution < -0.4 is 0 Å². The molecule has 0 aliphatic carbocycles. The average molecular weight is 910 g/mol. The molecular formula is C26H26F26NO4+. The quantitative estimate of drug-likeness (QED) is 0.0551. The third-order valence-corrected chi connectivity index (χ3v) is 7.82. The molecule has 0 aliphatic heterocycles. The van der Waals surface area contributed by atoms with Gasteiger partial charge in [0.2, 0.25) is 0 Å². The number of carbonyl (C=O) groups is 2. The fraction of sp³-hybridized carbons (Fsp3) is 0.923. The third-order valence-electron chi connectivity index (χ3n) is 7.82. The second-order valence-corrected chi connectivity index (χ2v) is 12.3. The molecule has 0 unspecified atom stereocenters. The van der Waals surface area contributed by atoms with Crippen molar-refractivity contribution >= 4 is 11.9 Å². The second kappa shape index (κ2) is 16.6. The van der Waals surface area contributed by atoms with Crippen molar-refractivity contribution < 1.29 is 138 Å². The Balaban J connectivity index is 5.79. The predicted octanol–water partition coefficient (Wildman–Crippen LogP) is 9.27. The summed E-state index contributed by atoms with van der Waals surface area (Å²) in [7, 11) is 0.975. The first-order valence-electron chi connectivity index (χ1n) is 14.7. The molecule has 5 nitrogen and oxygen atoms in total. The molecule has 31 heteroatoms. The lowest BCUT2D eigenvalue weighted by molar-refractivity contribution is -0.909. The van der Waals surface area contributed by atoms with Gasteiger partial charge in [-0.3, -0.25) is 9.59 Å². The van der Waals surface area contributed by atoms with Crippen LogP contribution in [0.4, 0.5) is 114 Å². The number of ether oxygens (including phenoxy) is 2. The number of halogens is 26. The number of quaternary nitrogens is 1. The standard InChI is InChI=1S/C26H26F26NO4/c1-3-4-53(2,5-7-56-13(54)9-15(29,30)19(37,38)23(45,46)25(49,50)21(41,42)17(33,34)11-27)6-8-57-14(55)10-16(31,32)20(39,40)24(47,48)26(51,52)22(43,44)18(35,36)12-28/h3-12H2,1-2H3/q+1. The third kappa shape index (κ3) is 9.45. The van der Waals surface area contributed by atoms with Gasteiger partial charge < -0.3 is 14.0 Å². The summed E-state index contributed by atoms with van der Waals surface area (Å²) in [5.74, 6) is -96.3. The minimum atomic E-state index is -8.14. The smallest absolute Gasteiger partial charge is 0.384 e. The van der Waals surface area contributed by atoms with Crippen LogP contribution in [0.1, 0.15) is 26.2 Å². The zero-order valence-corrected chi connectivity index (χ0v) is 28.0. The van der Waals surface area contributed by atoms with Crippen LogP contribution in [0.25, 0.3) is 0 Å². The molecule has 0 spiro atoms. The monoisotopic (exact) mass is 910 g/mol. The van der Waals surface area contributed by atoms with Crippen LogP contribution in [0, 0.1) is 0 Å². The molecule has 0 aliphatic rings. The highest BCUT2D eigenvalue weighted by Gasteiger charge is 2.91. The molecule has 0 aromatic rings. The lowest BCUT2D eigenvalue weighted by Gasteiger charge is -2.40. The Labute approximate surface area is 301 Å². The maximum Gasteiger partial charge on any atom is 0.384 e. The number of alkyl halides is 26. The first kappa shape index (κ1) is 54.1. The molecule has 0 amide bonds. The van der Waals surface area contributed by atoms with E-state index in [1.807, 2.05) is 0 Å². The highest BCUT2D eigenvalue weighted by Crippen LogP contribution is 2.62. The van der Waals surface area contributed by atoms with Gasteiger partial charge >= 0.3 is 83.0 Å². The van der Waals surface area contributed by atoms with Gasteiger partial charge in [-0.15, -0.1) is 0 Å². The minimum absolute atomic E-state index is 0.0300. The fourth-order valence-corrected chi connectivity index (χ4v) is 4.20. The van der Waals surface area contributed by atoms with Gasteiger partial charge in [0.1, 0.15) is 39.1 Å². The zero-order chi connectivity index (χ0) is 46.1. The Morgan fingerprint density at radius 2 is 0.632 bits per heavy atom. The van der Waals surface area contributed by atoms with Crippen molar-refractivity contribution in [2.45, 2.75) is 97.3 Å². The summed E-state index contributed by atoms with van der Waals surface area (Å²) < 4.78 is 358. The number of carbonyl (C=O) groups excluding carboxylic acids is 2. The van der Waals surface area contributed by atoms with Gasteiger partial charge in [0.05, 0.1) is 13.6 Å². The van der Waals surface area contributed by atoms with Gasteiger partial charge in [-0.2, -0.15) is 105 Å². The summed E-state index contributed by atoms with van der Waals surface area (Å²) in [4.78, 5) is 23.4. The van der Waals surface area contributed by atoms with Gasteiger partial charge in [0.15, 0.2) is 13.3 Å². The number of hydrogen-bond acceptors (Lipinski definition) is 4. The van der Waals surface area contributed by atoms with E-state index in [0.29, 0.717) is 0 Å². The van der Waals surface area contributed by atoms with E-state index in [-0.39, 0.29) is 13.0 Å². The van der Waals surface area contributed by atoms with Crippen LogP contribution >= 0.6 is 0 Å².